The molecule has 2 heterocycles. The molecular formula is C24H24FN3O4S. The number of ether oxygens (including phenoxy) is 2. The van der Waals surface area contributed by atoms with Gasteiger partial charge in [-0.05, 0) is 30.7 Å². The maximum Gasteiger partial charge on any atom is 0.279 e. The van der Waals surface area contributed by atoms with Gasteiger partial charge in [0.25, 0.3) is 5.56 Å². The number of aromatic nitrogens is 2. The summed E-state index contributed by atoms with van der Waals surface area (Å²) in [5.41, 5.74) is 1.61. The van der Waals surface area contributed by atoms with Crippen LogP contribution in [0.2, 0.25) is 0 Å². The molecule has 1 aliphatic rings. The quantitative estimate of drug-likeness (QED) is 0.415. The number of benzene rings is 2. The number of rotatable bonds is 7. The highest BCUT2D eigenvalue weighted by Crippen LogP contribution is 2.43. The van der Waals surface area contributed by atoms with Crippen LogP contribution in [-0.4, -0.2) is 29.2 Å². The van der Waals surface area contributed by atoms with Crippen LogP contribution in [0.5, 0.6) is 11.5 Å². The summed E-state index contributed by atoms with van der Waals surface area (Å²) in [4.78, 5) is 30.2. The lowest BCUT2D eigenvalue weighted by Gasteiger charge is -2.29. The molecule has 1 aliphatic heterocycles. The van der Waals surface area contributed by atoms with Gasteiger partial charge in [0.05, 0.1) is 19.3 Å². The lowest BCUT2D eigenvalue weighted by atomic mass is 9.86. The molecule has 1 atom stereocenters. The summed E-state index contributed by atoms with van der Waals surface area (Å²) < 4.78 is 26.2. The SMILES string of the molecule is CCOc1c(OC)cccc1[C@@H]1CC(=O)Nc2c1c(=O)nc(SCc1ccc(F)cc1)n2C. The number of para-hydroxylation sites is 1. The van der Waals surface area contributed by atoms with E-state index in [2.05, 4.69) is 10.3 Å². The number of carbonyl (C=O) groups excluding carboxylic acids is 1. The van der Waals surface area contributed by atoms with Crippen molar-refractivity contribution in [2.45, 2.75) is 30.2 Å². The largest absolute Gasteiger partial charge is 0.493 e. The Balaban J connectivity index is 1.75. The van der Waals surface area contributed by atoms with Gasteiger partial charge in [0.1, 0.15) is 11.6 Å². The number of hydrogen-bond donors (Lipinski definition) is 1. The van der Waals surface area contributed by atoms with E-state index in [0.29, 0.717) is 46.0 Å². The molecule has 1 N–H and O–H groups in total. The van der Waals surface area contributed by atoms with Gasteiger partial charge in [-0.2, -0.15) is 4.98 Å². The molecule has 9 heteroatoms. The fourth-order valence-corrected chi connectivity index (χ4v) is 4.85. The van der Waals surface area contributed by atoms with Gasteiger partial charge in [0.2, 0.25) is 5.91 Å². The lowest BCUT2D eigenvalue weighted by molar-refractivity contribution is -0.116. The van der Waals surface area contributed by atoms with Crippen molar-refractivity contribution in [2.24, 2.45) is 7.05 Å². The van der Waals surface area contributed by atoms with E-state index in [-0.39, 0.29) is 18.1 Å². The number of nitrogens with one attached hydrogen (secondary N) is 1. The molecule has 0 saturated heterocycles. The number of halogens is 1. The molecule has 0 fully saturated rings. The van der Waals surface area contributed by atoms with Crippen LogP contribution in [0.4, 0.5) is 10.2 Å². The molecule has 2 aromatic carbocycles. The molecule has 0 aliphatic carbocycles. The van der Waals surface area contributed by atoms with Crippen LogP contribution in [0.15, 0.2) is 52.4 Å². The van der Waals surface area contributed by atoms with E-state index in [4.69, 9.17) is 9.47 Å². The summed E-state index contributed by atoms with van der Waals surface area (Å²) in [5.74, 6) is 0.953. The van der Waals surface area contributed by atoms with Gasteiger partial charge in [0, 0.05) is 30.7 Å². The second kappa shape index (κ2) is 9.66. The predicted molar refractivity (Wildman–Crippen MR) is 125 cm³/mol. The second-order valence-electron chi connectivity index (χ2n) is 7.55. The van der Waals surface area contributed by atoms with E-state index in [1.165, 1.54) is 23.9 Å². The van der Waals surface area contributed by atoms with Crippen molar-refractivity contribution in [1.29, 1.82) is 0 Å². The number of carbonyl (C=O) groups is 1. The Kier molecular flexibility index (Phi) is 6.69. The molecule has 172 valence electrons. The Morgan fingerprint density at radius 1 is 1.21 bits per heavy atom. The summed E-state index contributed by atoms with van der Waals surface area (Å²) in [6.07, 6.45) is 0.0965. The smallest absolute Gasteiger partial charge is 0.279 e. The van der Waals surface area contributed by atoms with Gasteiger partial charge in [-0.25, -0.2) is 4.39 Å². The first kappa shape index (κ1) is 22.8. The maximum absolute atomic E-state index is 13.2. The minimum atomic E-state index is -0.521. The van der Waals surface area contributed by atoms with E-state index < -0.39 is 11.5 Å². The molecule has 0 unspecified atom stereocenters. The van der Waals surface area contributed by atoms with Crippen LogP contribution >= 0.6 is 11.8 Å². The number of fused-ring (bicyclic) bond motifs is 1. The summed E-state index contributed by atoms with van der Waals surface area (Å²) >= 11 is 1.34. The maximum atomic E-state index is 13.2. The van der Waals surface area contributed by atoms with E-state index in [1.54, 1.807) is 36.9 Å². The van der Waals surface area contributed by atoms with E-state index in [1.807, 2.05) is 19.1 Å². The highest BCUT2D eigenvalue weighted by Gasteiger charge is 2.34. The predicted octanol–water partition coefficient (Wildman–Crippen LogP) is 4.09. The molecule has 0 bridgehead atoms. The van der Waals surface area contributed by atoms with Gasteiger partial charge in [-0.1, -0.05) is 36.0 Å². The van der Waals surface area contributed by atoms with Crippen molar-refractivity contribution in [3.05, 3.63) is 75.3 Å². The van der Waals surface area contributed by atoms with Crippen LogP contribution in [0, 0.1) is 5.82 Å². The summed E-state index contributed by atoms with van der Waals surface area (Å²) in [6.45, 7) is 2.28. The third-order valence-corrected chi connectivity index (χ3v) is 6.58. The Labute approximate surface area is 194 Å². The van der Waals surface area contributed by atoms with Crippen LogP contribution in [-0.2, 0) is 17.6 Å². The summed E-state index contributed by atoms with van der Waals surface area (Å²) in [6, 6.07) is 11.6. The van der Waals surface area contributed by atoms with Crippen molar-refractivity contribution >= 4 is 23.5 Å². The summed E-state index contributed by atoms with van der Waals surface area (Å²) in [7, 11) is 3.31. The van der Waals surface area contributed by atoms with Crippen molar-refractivity contribution in [3.8, 4) is 11.5 Å². The zero-order valence-corrected chi connectivity index (χ0v) is 19.4. The van der Waals surface area contributed by atoms with E-state index >= 15 is 0 Å². The van der Waals surface area contributed by atoms with Crippen LogP contribution in [0.3, 0.4) is 0 Å². The number of amides is 1. The topological polar surface area (TPSA) is 82.4 Å². The molecule has 4 rings (SSSR count). The van der Waals surface area contributed by atoms with Crippen LogP contribution in [0.25, 0.3) is 0 Å². The average Bonchev–Trinajstić information content (AvgIpc) is 2.81. The highest BCUT2D eigenvalue weighted by molar-refractivity contribution is 7.98. The molecule has 33 heavy (non-hydrogen) atoms. The molecule has 1 amide bonds. The van der Waals surface area contributed by atoms with Gasteiger partial charge in [-0.15, -0.1) is 0 Å². The normalized spacial score (nSPS) is 15.0. The first-order valence-corrected chi connectivity index (χ1v) is 11.5. The molecule has 1 aromatic heterocycles. The Morgan fingerprint density at radius 2 is 1.97 bits per heavy atom. The van der Waals surface area contributed by atoms with Gasteiger partial charge in [0.15, 0.2) is 16.7 Å². The second-order valence-corrected chi connectivity index (χ2v) is 8.49. The van der Waals surface area contributed by atoms with Gasteiger partial charge in [-0.3, -0.25) is 9.59 Å². The average molecular weight is 470 g/mol. The van der Waals surface area contributed by atoms with E-state index in [9.17, 15) is 14.0 Å². The number of nitrogens with zero attached hydrogens (tertiary/aromatic N) is 2. The molecule has 3 aromatic rings. The minimum absolute atomic E-state index is 0.0965. The first-order chi connectivity index (χ1) is 15.9. The highest BCUT2D eigenvalue weighted by atomic mass is 32.2. The monoisotopic (exact) mass is 469 g/mol. The number of methoxy groups -OCH3 is 1. The molecular weight excluding hydrogens is 445 g/mol. The zero-order chi connectivity index (χ0) is 23.5. The van der Waals surface area contributed by atoms with Crippen LogP contribution < -0.4 is 20.3 Å². The molecule has 0 radical (unpaired) electrons. The standard InChI is InChI=1S/C24H24FN3O4S/c1-4-32-21-16(6-5-7-18(21)31-3)17-12-19(29)26-22-20(17)23(30)27-24(28(22)2)33-13-14-8-10-15(25)11-9-14/h5-11,17H,4,12-13H2,1-3H3,(H,26,29)/t17-/m0/s1. The summed E-state index contributed by atoms with van der Waals surface area (Å²) in [5, 5.41) is 3.30. The molecule has 0 spiro atoms. The Bertz CT molecular complexity index is 1240. The van der Waals surface area contributed by atoms with Crippen LogP contribution in [0.1, 0.15) is 36.0 Å². The number of thioether (sulfide) groups is 1. The van der Waals surface area contributed by atoms with Gasteiger partial charge < -0.3 is 19.4 Å². The number of hydrogen-bond acceptors (Lipinski definition) is 6. The minimum Gasteiger partial charge on any atom is -0.493 e. The van der Waals surface area contributed by atoms with E-state index in [0.717, 1.165) is 5.56 Å². The van der Waals surface area contributed by atoms with Crippen molar-refractivity contribution in [3.63, 3.8) is 0 Å². The zero-order valence-electron chi connectivity index (χ0n) is 18.6. The number of anilines is 1. The third-order valence-electron chi connectivity index (χ3n) is 5.48. The van der Waals surface area contributed by atoms with Gasteiger partial charge >= 0.3 is 0 Å². The Morgan fingerprint density at radius 3 is 2.67 bits per heavy atom. The fourth-order valence-electron chi connectivity index (χ4n) is 3.93. The third kappa shape index (κ3) is 4.59. The van der Waals surface area contributed by atoms with Crippen molar-refractivity contribution in [1.82, 2.24) is 9.55 Å². The molecule has 0 saturated carbocycles. The first-order valence-electron chi connectivity index (χ1n) is 10.5. The lowest BCUT2D eigenvalue weighted by Crippen LogP contribution is -2.33. The fraction of sp³-hybridized carbons (Fsp3) is 0.292. The Hall–Kier alpha value is -3.33. The van der Waals surface area contributed by atoms with Crippen molar-refractivity contribution < 1.29 is 18.7 Å². The van der Waals surface area contributed by atoms with Crippen molar-refractivity contribution in [2.75, 3.05) is 19.0 Å². The molecule has 7 nitrogen and oxygen atoms in total.